The van der Waals surface area contributed by atoms with E-state index < -0.39 is 17.9 Å². The molecule has 0 heterocycles. The van der Waals surface area contributed by atoms with Crippen molar-refractivity contribution in [2.75, 3.05) is 13.7 Å². The van der Waals surface area contributed by atoms with Crippen LogP contribution in [0.2, 0.25) is 0 Å². The third kappa shape index (κ3) is 5.13. The quantitative estimate of drug-likeness (QED) is 0.715. The van der Waals surface area contributed by atoms with E-state index >= 15 is 0 Å². The van der Waals surface area contributed by atoms with Crippen LogP contribution in [0.25, 0.3) is 0 Å². The number of ether oxygens (including phenoxy) is 2. The zero-order valence-corrected chi connectivity index (χ0v) is 15.3. The van der Waals surface area contributed by atoms with Crippen LogP contribution in [0, 0.1) is 5.92 Å². The maximum atomic E-state index is 12.3. The summed E-state index contributed by atoms with van der Waals surface area (Å²) in [7, 11) is 1.48. The molecular formula is C16H22BrNO5. The lowest BCUT2D eigenvalue weighted by Gasteiger charge is -2.19. The summed E-state index contributed by atoms with van der Waals surface area (Å²) in [5.74, 6) is -0.845. The van der Waals surface area contributed by atoms with E-state index in [1.807, 2.05) is 6.92 Å². The highest BCUT2D eigenvalue weighted by Crippen LogP contribution is 2.36. The van der Waals surface area contributed by atoms with Crippen LogP contribution < -0.4 is 14.8 Å². The van der Waals surface area contributed by atoms with E-state index in [0.717, 1.165) is 6.42 Å². The Labute approximate surface area is 144 Å². The van der Waals surface area contributed by atoms with Crippen LogP contribution in [0.15, 0.2) is 16.6 Å². The largest absolute Gasteiger partial charge is 0.493 e. The van der Waals surface area contributed by atoms with Gasteiger partial charge < -0.3 is 19.9 Å². The molecule has 0 fully saturated rings. The zero-order chi connectivity index (χ0) is 17.6. The molecule has 6 nitrogen and oxygen atoms in total. The van der Waals surface area contributed by atoms with Crippen molar-refractivity contribution >= 4 is 27.8 Å². The number of methoxy groups -OCH3 is 1. The predicted molar refractivity (Wildman–Crippen MR) is 90.2 cm³/mol. The number of hydrogen-bond acceptors (Lipinski definition) is 4. The molecule has 0 saturated heterocycles. The fourth-order valence-corrected chi connectivity index (χ4v) is 2.49. The lowest BCUT2D eigenvalue weighted by Crippen LogP contribution is -2.44. The molecule has 0 radical (unpaired) electrons. The van der Waals surface area contributed by atoms with Gasteiger partial charge in [0.1, 0.15) is 6.04 Å². The average Bonchev–Trinajstić information content (AvgIpc) is 2.49. The van der Waals surface area contributed by atoms with E-state index in [1.165, 1.54) is 13.2 Å². The van der Waals surface area contributed by atoms with Gasteiger partial charge in [-0.05, 0) is 40.4 Å². The minimum Gasteiger partial charge on any atom is -0.493 e. The Hall–Kier alpha value is -1.76. The Kier molecular flexibility index (Phi) is 7.35. The molecule has 1 rings (SSSR count). The van der Waals surface area contributed by atoms with Gasteiger partial charge in [-0.2, -0.15) is 0 Å². The Balaban J connectivity index is 3.06. The minimum atomic E-state index is -1.07. The van der Waals surface area contributed by atoms with Gasteiger partial charge >= 0.3 is 5.97 Å². The van der Waals surface area contributed by atoms with Gasteiger partial charge in [0.15, 0.2) is 11.5 Å². The van der Waals surface area contributed by atoms with E-state index in [-0.39, 0.29) is 5.92 Å². The van der Waals surface area contributed by atoms with Gasteiger partial charge in [0.05, 0.1) is 18.2 Å². The number of carbonyl (C=O) groups is 2. The van der Waals surface area contributed by atoms with Gasteiger partial charge in [-0.25, -0.2) is 4.79 Å². The Morgan fingerprint density at radius 1 is 1.35 bits per heavy atom. The first kappa shape index (κ1) is 19.3. The summed E-state index contributed by atoms with van der Waals surface area (Å²) in [5, 5.41) is 11.7. The number of carbonyl (C=O) groups excluding carboxylic acids is 1. The summed E-state index contributed by atoms with van der Waals surface area (Å²) in [6.45, 7) is 5.98. The summed E-state index contributed by atoms with van der Waals surface area (Å²) in [6, 6.07) is 2.16. The topological polar surface area (TPSA) is 84.9 Å². The summed E-state index contributed by atoms with van der Waals surface area (Å²) >= 11 is 3.36. The first-order valence-electron chi connectivity index (χ1n) is 7.35. The standard InChI is InChI=1S/C16H22BrNO5/c1-5-6-23-14-11(17)7-10(8-12(14)22-4)15(19)18-13(9(2)3)16(20)21/h7-9,13H,5-6H2,1-4H3,(H,18,19)(H,20,21). The summed E-state index contributed by atoms with van der Waals surface area (Å²) in [4.78, 5) is 23.5. The molecule has 0 spiro atoms. The van der Waals surface area contributed by atoms with Crippen molar-refractivity contribution in [2.45, 2.75) is 33.2 Å². The molecular weight excluding hydrogens is 366 g/mol. The molecule has 128 valence electrons. The Bertz CT molecular complexity index is 574. The van der Waals surface area contributed by atoms with Crippen LogP contribution in [-0.2, 0) is 4.79 Å². The van der Waals surface area contributed by atoms with Crippen LogP contribution in [0.5, 0.6) is 11.5 Å². The van der Waals surface area contributed by atoms with Gasteiger partial charge in [-0.1, -0.05) is 20.8 Å². The molecule has 0 aromatic heterocycles. The SMILES string of the molecule is CCCOc1c(Br)cc(C(=O)NC(C(=O)O)C(C)C)cc1OC. The normalized spacial score (nSPS) is 11.9. The number of aliphatic carboxylic acids is 1. The van der Waals surface area contributed by atoms with Crippen molar-refractivity contribution in [3.05, 3.63) is 22.2 Å². The van der Waals surface area contributed by atoms with Crippen LogP contribution in [-0.4, -0.2) is 36.7 Å². The van der Waals surface area contributed by atoms with Crippen molar-refractivity contribution in [1.82, 2.24) is 5.32 Å². The number of hydrogen-bond donors (Lipinski definition) is 2. The molecule has 0 aliphatic carbocycles. The fourth-order valence-electron chi connectivity index (χ4n) is 1.93. The molecule has 1 amide bonds. The van der Waals surface area contributed by atoms with E-state index in [1.54, 1.807) is 19.9 Å². The number of benzene rings is 1. The minimum absolute atomic E-state index is 0.228. The monoisotopic (exact) mass is 387 g/mol. The molecule has 1 aromatic carbocycles. The van der Waals surface area contributed by atoms with E-state index in [2.05, 4.69) is 21.2 Å². The molecule has 1 atom stereocenters. The predicted octanol–water partition coefficient (Wildman–Crippen LogP) is 3.09. The number of amides is 1. The number of carboxylic acids is 1. The van der Waals surface area contributed by atoms with E-state index in [0.29, 0.717) is 28.1 Å². The van der Waals surface area contributed by atoms with Gasteiger partial charge in [0.25, 0.3) is 5.91 Å². The average molecular weight is 388 g/mol. The number of halogens is 1. The number of carboxylic acid groups (broad SMARTS) is 1. The first-order chi connectivity index (χ1) is 10.8. The van der Waals surface area contributed by atoms with Crippen LogP contribution in [0.4, 0.5) is 0 Å². The zero-order valence-electron chi connectivity index (χ0n) is 13.7. The fraction of sp³-hybridized carbons (Fsp3) is 0.500. The second-order valence-electron chi connectivity index (χ2n) is 5.37. The molecule has 0 saturated carbocycles. The lowest BCUT2D eigenvalue weighted by atomic mass is 10.0. The van der Waals surface area contributed by atoms with Gasteiger partial charge in [-0.15, -0.1) is 0 Å². The lowest BCUT2D eigenvalue weighted by molar-refractivity contribution is -0.140. The van der Waals surface area contributed by atoms with Crippen LogP contribution in [0.1, 0.15) is 37.6 Å². The second kappa shape index (κ2) is 8.76. The molecule has 23 heavy (non-hydrogen) atoms. The smallest absolute Gasteiger partial charge is 0.326 e. The molecule has 1 unspecified atom stereocenters. The highest BCUT2D eigenvalue weighted by Gasteiger charge is 2.25. The molecule has 0 aliphatic rings. The van der Waals surface area contributed by atoms with Crippen molar-refractivity contribution in [1.29, 1.82) is 0 Å². The highest BCUT2D eigenvalue weighted by atomic mass is 79.9. The maximum Gasteiger partial charge on any atom is 0.326 e. The maximum absolute atomic E-state index is 12.3. The molecule has 2 N–H and O–H groups in total. The van der Waals surface area contributed by atoms with Crippen molar-refractivity contribution < 1.29 is 24.2 Å². The Morgan fingerprint density at radius 2 is 2.00 bits per heavy atom. The van der Waals surface area contributed by atoms with Gasteiger partial charge in [0.2, 0.25) is 0 Å². The van der Waals surface area contributed by atoms with E-state index in [9.17, 15) is 9.59 Å². The van der Waals surface area contributed by atoms with Crippen LogP contribution >= 0.6 is 15.9 Å². The second-order valence-corrected chi connectivity index (χ2v) is 6.23. The van der Waals surface area contributed by atoms with Crippen molar-refractivity contribution in [3.8, 4) is 11.5 Å². The van der Waals surface area contributed by atoms with Gasteiger partial charge in [-0.3, -0.25) is 4.79 Å². The molecule has 0 aliphatic heterocycles. The summed E-state index contributed by atoms with van der Waals surface area (Å²) in [5.41, 5.74) is 0.296. The van der Waals surface area contributed by atoms with Crippen LogP contribution in [0.3, 0.4) is 0 Å². The third-order valence-electron chi connectivity index (χ3n) is 3.16. The molecule has 7 heteroatoms. The third-order valence-corrected chi connectivity index (χ3v) is 3.75. The number of nitrogens with one attached hydrogen (secondary N) is 1. The van der Waals surface area contributed by atoms with Crippen molar-refractivity contribution in [2.24, 2.45) is 5.92 Å². The highest BCUT2D eigenvalue weighted by molar-refractivity contribution is 9.10. The first-order valence-corrected chi connectivity index (χ1v) is 8.15. The van der Waals surface area contributed by atoms with Crippen molar-refractivity contribution in [3.63, 3.8) is 0 Å². The Morgan fingerprint density at radius 3 is 2.48 bits per heavy atom. The molecule has 0 bridgehead atoms. The summed E-state index contributed by atoms with van der Waals surface area (Å²) < 4.78 is 11.4. The number of rotatable bonds is 8. The van der Waals surface area contributed by atoms with Gasteiger partial charge in [0, 0.05) is 5.56 Å². The summed E-state index contributed by atoms with van der Waals surface area (Å²) in [6.07, 6.45) is 0.840. The van der Waals surface area contributed by atoms with E-state index in [4.69, 9.17) is 14.6 Å². The molecule has 1 aromatic rings.